The van der Waals surface area contributed by atoms with Crippen molar-refractivity contribution in [1.29, 1.82) is 0 Å². The van der Waals surface area contributed by atoms with Crippen molar-refractivity contribution in [1.82, 2.24) is 4.90 Å². The summed E-state index contributed by atoms with van der Waals surface area (Å²) < 4.78 is 11.4. The number of ether oxygens (including phenoxy) is 2. The van der Waals surface area contributed by atoms with Gasteiger partial charge < -0.3 is 19.7 Å². The molecule has 1 aliphatic heterocycles. The predicted octanol–water partition coefficient (Wildman–Crippen LogP) is 4.09. The summed E-state index contributed by atoms with van der Waals surface area (Å²) in [6.07, 6.45) is 8.57. The van der Waals surface area contributed by atoms with Gasteiger partial charge in [0.1, 0.15) is 11.4 Å². The SMILES string of the molecule is CO[C@](C)(C(=O)Nc1ccc(OCCCN2CCCCCC2)cc1)C1CC1. The Morgan fingerprint density at radius 1 is 1.15 bits per heavy atom. The number of carbonyl (C=O) groups is 1. The third-order valence-electron chi connectivity index (χ3n) is 5.93. The van der Waals surface area contributed by atoms with E-state index in [0.29, 0.717) is 5.92 Å². The number of nitrogens with one attached hydrogen (secondary N) is 1. The Morgan fingerprint density at radius 3 is 2.41 bits per heavy atom. The summed E-state index contributed by atoms with van der Waals surface area (Å²) in [6, 6.07) is 7.63. The molecule has 1 amide bonds. The Hall–Kier alpha value is -1.59. The molecule has 1 N–H and O–H groups in total. The van der Waals surface area contributed by atoms with E-state index in [0.717, 1.165) is 43.9 Å². The van der Waals surface area contributed by atoms with E-state index in [-0.39, 0.29) is 5.91 Å². The average Bonchev–Trinajstić information content (AvgIpc) is 3.53. The van der Waals surface area contributed by atoms with Gasteiger partial charge in [0, 0.05) is 19.3 Å². The fraction of sp³-hybridized carbons (Fsp3) is 0.682. The molecule has 3 rings (SSSR count). The highest BCUT2D eigenvalue weighted by Gasteiger charge is 2.47. The van der Waals surface area contributed by atoms with E-state index < -0.39 is 5.60 Å². The smallest absolute Gasteiger partial charge is 0.256 e. The van der Waals surface area contributed by atoms with Crippen LogP contribution in [0, 0.1) is 5.92 Å². The minimum absolute atomic E-state index is 0.0707. The van der Waals surface area contributed by atoms with Crippen molar-refractivity contribution < 1.29 is 14.3 Å². The molecule has 1 saturated carbocycles. The number of nitrogens with zero attached hydrogens (tertiary/aromatic N) is 1. The molecule has 0 bridgehead atoms. The second-order valence-corrected chi connectivity index (χ2v) is 8.02. The Bertz CT molecular complexity index is 592. The van der Waals surface area contributed by atoms with Crippen LogP contribution in [0.1, 0.15) is 51.9 Å². The maximum Gasteiger partial charge on any atom is 0.256 e. The monoisotopic (exact) mass is 374 g/mol. The number of hydrogen-bond acceptors (Lipinski definition) is 4. The number of methoxy groups -OCH3 is 1. The predicted molar refractivity (Wildman–Crippen MR) is 108 cm³/mol. The molecule has 0 spiro atoms. The number of hydrogen-bond donors (Lipinski definition) is 1. The topological polar surface area (TPSA) is 50.8 Å². The van der Waals surface area contributed by atoms with Crippen LogP contribution in [0.3, 0.4) is 0 Å². The minimum Gasteiger partial charge on any atom is -0.494 e. The van der Waals surface area contributed by atoms with Crippen molar-refractivity contribution in [3.05, 3.63) is 24.3 Å². The van der Waals surface area contributed by atoms with Crippen LogP contribution < -0.4 is 10.1 Å². The normalized spacial score (nSPS) is 20.5. The molecule has 2 fully saturated rings. The average molecular weight is 375 g/mol. The van der Waals surface area contributed by atoms with Gasteiger partial charge in [0.2, 0.25) is 0 Å². The van der Waals surface area contributed by atoms with E-state index in [1.807, 2.05) is 31.2 Å². The van der Waals surface area contributed by atoms with Crippen LogP contribution in [0.4, 0.5) is 5.69 Å². The molecule has 150 valence electrons. The molecule has 2 aliphatic rings. The van der Waals surface area contributed by atoms with Crippen LogP contribution in [0.2, 0.25) is 0 Å². The Morgan fingerprint density at radius 2 is 1.81 bits per heavy atom. The molecule has 1 aliphatic carbocycles. The number of carbonyl (C=O) groups excluding carboxylic acids is 1. The van der Waals surface area contributed by atoms with Gasteiger partial charge >= 0.3 is 0 Å². The van der Waals surface area contributed by atoms with E-state index in [4.69, 9.17) is 9.47 Å². The first kappa shape index (κ1) is 20.2. The summed E-state index contributed by atoms with van der Waals surface area (Å²) >= 11 is 0. The fourth-order valence-electron chi connectivity index (χ4n) is 3.81. The zero-order chi connectivity index (χ0) is 19.1. The quantitative estimate of drug-likeness (QED) is 0.662. The Balaban J connectivity index is 1.40. The molecule has 1 saturated heterocycles. The first-order chi connectivity index (χ1) is 13.1. The van der Waals surface area contributed by atoms with Crippen molar-refractivity contribution in [2.45, 2.75) is 57.5 Å². The summed E-state index contributed by atoms with van der Waals surface area (Å²) in [7, 11) is 1.61. The van der Waals surface area contributed by atoms with Gasteiger partial charge in [-0.3, -0.25) is 4.79 Å². The molecular formula is C22H34N2O3. The standard InChI is InChI=1S/C22H34N2O3/c1-22(26-2,18-8-9-18)21(25)23-19-10-12-20(13-11-19)27-17-7-16-24-14-5-3-4-6-15-24/h10-13,18H,3-9,14-17H2,1-2H3,(H,23,25)/t22-/m0/s1. The summed E-state index contributed by atoms with van der Waals surface area (Å²) in [6.45, 7) is 6.18. The minimum atomic E-state index is -0.734. The van der Waals surface area contributed by atoms with E-state index in [1.165, 1.54) is 38.8 Å². The van der Waals surface area contributed by atoms with E-state index in [1.54, 1.807) is 7.11 Å². The van der Waals surface area contributed by atoms with Gasteiger partial charge in [0.05, 0.1) is 6.61 Å². The van der Waals surface area contributed by atoms with E-state index >= 15 is 0 Å². The molecule has 27 heavy (non-hydrogen) atoms. The molecule has 1 atom stereocenters. The molecule has 1 aromatic carbocycles. The Labute approximate surface area is 163 Å². The van der Waals surface area contributed by atoms with Crippen LogP contribution in [0.5, 0.6) is 5.75 Å². The largest absolute Gasteiger partial charge is 0.494 e. The van der Waals surface area contributed by atoms with Crippen LogP contribution in [-0.2, 0) is 9.53 Å². The molecule has 5 heteroatoms. The van der Waals surface area contributed by atoms with Crippen molar-refractivity contribution in [2.75, 3.05) is 38.7 Å². The lowest BCUT2D eigenvalue weighted by atomic mass is 9.99. The van der Waals surface area contributed by atoms with Crippen molar-refractivity contribution in [3.8, 4) is 5.75 Å². The molecule has 0 aromatic heterocycles. The van der Waals surface area contributed by atoms with E-state index in [9.17, 15) is 4.79 Å². The van der Waals surface area contributed by atoms with Crippen LogP contribution in [-0.4, -0.2) is 49.8 Å². The van der Waals surface area contributed by atoms with Crippen LogP contribution >= 0.6 is 0 Å². The third kappa shape index (κ3) is 5.69. The molecule has 1 aromatic rings. The second kappa shape index (κ2) is 9.56. The van der Waals surface area contributed by atoms with E-state index in [2.05, 4.69) is 10.2 Å². The number of likely N-dealkylation sites (tertiary alicyclic amines) is 1. The fourth-order valence-corrected chi connectivity index (χ4v) is 3.81. The van der Waals surface area contributed by atoms with Gasteiger partial charge in [-0.25, -0.2) is 0 Å². The lowest BCUT2D eigenvalue weighted by molar-refractivity contribution is -0.138. The summed E-state index contributed by atoms with van der Waals surface area (Å²) in [5.41, 5.74) is 0.0449. The molecule has 0 unspecified atom stereocenters. The first-order valence-corrected chi connectivity index (χ1v) is 10.4. The van der Waals surface area contributed by atoms with Gasteiger partial charge in [0.25, 0.3) is 5.91 Å². The number of benzene rings is 1. The zero-order valence-corrected chi connectivity index (χ0v) is 16.8. The van der Waals surface area contributed by atoms with Gasteiger partial charge in [-0.05, 0) is 82.3 Å². The second-order valence-electron chi connectivity index (χ2n) is 8.02. The highest BCUT2D eigenvalue weighted by Crippen LogP contribution is 2.42. The number of amides is 1. The summed E-state index contributed by atoms with van der Waals surface area (Å²) in [5.74, 6) is 1.11. The molecule has 1 heterocycles. The van der Waals surface area contributed by atoms with Crippen molar-refractivity contribution in [2.24, 2.45) is 5.92 Å². The highest BCUT2D eigenvalue weighted by molar-refractivity contribution is 5.97. The van der Waals surface area contributed by atoms with Crippen LogP contribution in [0.15, 0.2) is 24.3 Å². The maximum atomic E-state index is 12.5. The summed E-state index contributed by atoms with van der Waals surface area (Å²) in [5, 5.41) is 2.97. The molecule has 0 radical (unpaired) electrons. The maximum absolute atomic E-state index is 12.5. The molecular weight excluding hydrogens is 340 g/mol. The number of anilines is 1. The van der Waals surface area contributed by atoms with Crippen molar-refractivity contribution in [3.63, 3.8) is 0 Å². The van der Waals surface area contributed by atoms with Crippen molar-refractivity contribution >= 4 is 11.6 Å². The van der Waals surface area contributed by atoms with Gasteiger partial charge in [-0.1, -0.05) is 12.8 Å². The lowest BCUT2D eigenvalue weighted by Crippen LogP contribution is -2.43. The zero-order valence-electron chi connectivity index (χ0n) is 16.8. The number of rotatable bonds is 9. The lowest BCUT2D eigenvalue weighted by Gasteiger charge is -2.26. The third-order valence-corrected chi connectivity index (χ3v) is 5.93. The van der Waals surface area contributed by atoms with Gasteiger partial charge in [-0.15, -0.1) is 0 Å². The van der Waals surface area contributed by atoms with Crippen LogP contribution in [0.25, 0.3) is 0 Å². The Kier molecular flexibility index (Phi) is 7.13. The van der Waals surface area contributed by atoms with Gasteiger partial charge in [0.15, 0.2) is 0 Å². The summed E-state index contributed by atoms with van der Waals surface area (Å²) in [4.78, 5) is 15.1. The molecule has 5 nitrogen and oxygen atoms in total. The highest BCUT2D eigenvalue weighted by atomic mass is 16.5. The van der Waals surface area contributed by atoms with Gasteiger partial charge in [-0.2, -0.15) is 0 Å². The first-order valence-electron chi connectivity index (χ1n) is 10.4.